The minimum atomic E-state index is -3.52. The van der Waals surface area contributed by atoms with Crippen molar-refractivity contribution in [3.8, 4) is 0 Å². The molecule has 134 valence electrons. The summed E-state index contributed by atoms with van der Waals surface area (Å²) >= 11 is 5.81. The van der Waals surface area contributed by atoms with E-state index in [0.717, 1.165) is 6.26 Å². The Morgan fingerprint density at radius 1 is 1.16 bits per heavy atom. The van der Waals surface area contributed by atoms with Gasteiger partial charge in [0, 0.05) is 11.6 Å². The number of nitrogens with zero attached hydrogens (tertiary/aromatic N) is 1. The van der Waals surface area contributed by atoms with Crippen LogP contribution in [-0.2, 0) is 21.2 Å². The Balaban J connectivity index is 1.96. The fourth-order valence-electron chi connectivity index (χ4n) is 2.27. The van der Waals surface area contributed by atoms with E-state index in [4.69, 9.17) is 11.6 Å². The van der Waals surface area contributed by atoms with Gasteiger partial charge < -0.3 is 5.32 Å². The van der Waals surface area contributed by atoms with Gasteiger partial charge in [0.25, 0.3) is 0 Å². The second-order valence-electron chi connectivity index (χ2n) is 5.43. The van der Waals surface area contributed by atoms with E-state index in [2.05, 4.69) is 5.32 Å². The number of carbonyl (C=O) groups is 1. The summed E-state index contributed by atoms with van der Waals surface area (Å²) in [5.74, 6) is -0.828. The van der Waals surface area contributed by atoms with Gasteiger partial charge in [0.15, 0.2) is 0 Å². The van der Waals surface area contributed by atoms with Crippen LogP contribution in [-0.4, -0.2) is 33.7 Å². The average Bonchev–Trinajstić information content (AvgIpc) is 2.54. The van der Waals surface area contributed by atoms with E-state index in [0.29, 0.717) is 10.7 Å². The number of nitrogens with one attached hydrogen (secondary N) is 1. The van der Waals surface area contributed by atoms with Crippen molar-refractivity contribution in [2.24, 2.45) is 0 Å². The smallest absolute Gasteiger partial charge is 0.232 e. The third-order valence-electron chi connectivity index (χ3n) is 3.46. The van der Waals surface area contributed by atoms with E-state index in [-0.39, 0.29) is 31.0 Å². The lowest BCUT2D eigenvalue weighted by atomic mass is 10.1. The highest BCUT2D eigenvalue weighted by Crippen LogP contribution is 2.19. The van der Waals surface area contributed by atoms with Crippen LogP contribution in [0.25, 0.3) is 0 Å². The molecule has 0 spiro atoms. The number of rotatable bonds is 7. The van der Waals surface area contributed by atoms with Crippen molar-refractivity contribution in [2.45, 2.75) is 6.42 Å². The van der Waals surface area contributed by atoms with Crippen molar-refractivity contribution in [2.75, 3.05) is 23.7 Å². The molecule has 25 heavy (non-hydrogen) atoms. The van der Waals surface area contributed by atoms with Gasteiger partial charge in [-0.3, -0.25) is 9.10 Å². The van der Waals surface area contributed by atoms with Gasteiger partial charge in [-0.2, -0.15) is 0 Å². The molecule has 0 fully saturated rings. The van der Waals surface area contributed by atoms with Gasteiger partial charge in [0.1, 0.15) is 5.82 Å². The first-order valence-corrected chi connectivity index (χ1v) is 9.73. The Labute approximate surface area is 151 Å². The van der Waals surface area contributed by atoms with Gasteiger partial charge in [-0.05, 0) is 35.9 Å². The van der Waals surface area contributed by atoms with Gasteiger partial charge in [0.2, 0.25) is 15.9 Å². The lowest BCUT2D eigenvalue weighted by Gasteiger charge is -2.22. The molecule has 2 rings (SSSR count). The molecule has 2 aromatic carbocycles. The van der Waals surface area contributed by atoms with Crippen LogP contribution in [0.3, 0.4) is 0 Å². The third kappa shape index (κ3) is 5.72. The SMILES string of the molecule is CS(=O)(=O)N(CCNC(=O)Cc1ccccc1F)c1ccc(Cl)cc1. The molecule has 0 aromatic heterocycles. The minimum Gasteiger partial charge on any atom is -0.354 e. The number of hydrogen-bond donors (Lipinski definition) is 1. The molecule has 0 saturated heterocycles. The summed E-state index contributed by atoms with van der Waals surface area (Å²) in [5, 5.41) is 3.10. The maximum atomic E-state index is 13.5. The summed E-state index contributed by atoms with van der Waals surface area (Å²) in [4.78, 5) is 11.9. The molecule has 0 aliphatic rings. The van der Waals surface area contributed by atoms with Crippen molar-refractivity contribution >= 4 is 33.2 Å². The summed E-state index contributed by atoms with van der Waals surface area (Å²) in [7, 11) is -3.52. The molecule has 0 radical (unpaired) electrons. The Hall–Kier alpha value is -2.12. The van der Waals surface area contributed by atoms with E-state index in [1.54, 1.807) is 36.4 Å². The first-order chi connectivity index (χ1) is 11.8. The number of carbonyl (C=O) groups excluding carboxylic acids is 1. The van der Waals surface area contributed by atoms with E-state index in [9.17, 15) is 17.6 Å². The summed E-state index contributed by atoms with van der Waals surface area (Å²) in [6.45, 7) is 0.159. The largest absolute Gasteiger partial charge is 0.354 e. The van der Waals surface area contributed by atoms with Crippen molar-refractivity contribution in [3.05, 3.63) is 64.9 Å². The predicted molar refractivity (Wildman–Crippen MR) is 96.8 cm³/mol. The van der Waals surface area contributed by atoms with Crippen LogP contribution in [0.15, 0.2) is 48.5 Å². The normalized spacial score (nSPS) is 11.2. The van der Waals surface area contributed by atoms with Crippen LogP contribution in [0.2, 0.25) is 5.02 Å². The van der Waals surface area contributed by atoms with Crippen LogP contribution >= 0.6 is 11.6 Å². The lowest BCUT2D eigenvalue weighted by Crippen LogP contribution is -2.38. The summed E-state index contributed by atoms with van der Waals surface area (Å²) in [6, 6.07) is 12.4. The average molecular weight is 385 g/mol. The van der Waals surface area contributed by atoms with E-state index < -0.39 is 15.8 Å². The van der Waals surface area contributed by atoms with Crippen LogP contribution in [0, 0.1) is 5.82 Å². The predicted octanol–water partition coefficient (Wildman–Crippen LogP) is 2.60. The van der Waals surface area contributed by atoms with Crippen molar-refractivity contribution < 1.29 is 17.6 Å². The standard InChI is InChI=1S/C17H18ClFN2O3S/c1-25(23,24)21(15-8-6-14(18)7-9-15)11-10-20-17(22)12-13-4-2-3-5-16(13)19/h2-9H,10-12H2,1H3,(H,20,22). The molecule has 0 aliphatic carbocycles. The Kier molecular flexibility index (Phi) is 6.39. The molecule has 0 bridgehead atoms. The van der Waals surface area contributed by atoms with Crippen LogP contribution < -0.4 is 9.62 Å². The monoisotopic (exact) mass is 384 g/mol. The fourth-order valence-corrected chi connectivity index (χ4v) is 3.32. The molecule has 0 aliphatic heterocycles. The number of sulfonamides is 1. The molecule has 1 amide bonds. The van der Waals surface area contributed by atoms with Crippen molar-refractivity contribution in [1.29, 1.82) is 0 Å². The van der Waals surface area contributed by atoms with E-state index in [1.807, 2.05) is 0 Å². The third-order valence-corrected chi connectivity index (χ3v) is 4.91. The van der Waals surface area contributed by atoms with Gasteiger partial charge in [-0.15, -0.1) is 0 Å². The molecule has 0 atom stereocenters. The van der Waals surface area contributed by atoms with Gasteiger partial charge >= 0.3 is 0 Å². The molecule has 8 heteroatoms. The van der Waals surface area contributed by atoms with Crippen LogP contribution in [0.1, 0.15) is 5.56 Å². The second-order valence-corrected chi connectivity index (χ2v) is 7.77. The molecule has 0 unspecified atom stereocenters. The summed E-state index contributed by atoms with van der Waals surface area (Å²) in [6.07, 6.45) is 0.981. The quantitative estimate of drug-likeness (QED) is 0.798. The molecule has 1 N–H and O–H groups in total. The Morgan fingerprint density at radius 2 is 1.80 bits per heavy atom. The molecule has 0 heterocycles. The first-order valence-electron chi connectivity index (χ1n) is 7.51. The number of anilines is 1. The lowest BCUT2D eigenvalue weighted by molar-refractivity contribution is -0.120. The number of hydrogen-bond acceptors (Lipinski definition) is 3. The molecule has 2 aromatic rings. The number of benzene rings is 2. The van der Waals surface area contributed by atoms with Crippen LogP contribution in [0.4, 0.5) is 10.1 Å². The number of halogens is 2. The zero-order valence-corrected chi connectivity index (χ0v) is 15.1. The molecular formula is C17H18ClFN2O3S. The highest BCUT2D eigenvalue weighted by Gasteiger charge is 2.17. The topological polar surface area (TPSA) is 66.5 Å². The second kappa shape index (κ2) is 8.31. The molecular weight excluding hydrogens is 367 g/mol. The zero-order chi connectivity index (χ0) is 18.4. The molecule has 0 saturated carbocycles. The zero-order valence-electron chi connectivity index (χ0n) is 13.6. The Morgan fingerprint density at radius 3 is 2.40 bits per heavy atom. The minimum absolute atomic E-state index is 0.0590. The Bertz CT molecular complexity index is 841. The van der Waals surface area contributed by atoms with Crippen LogP contribution in [0.5, 0.6) is 0 Å². The van der Waals surface area contributed by atoms with Gasteiger partial charge in [-0.25, -0.2) is 12.8 Å². The molecule has 5 nitrogen and oxygen atoms in total. The van der Waals surface area contributed by atoms with Gasteiger partial charge in [0.05, 0.1) is 24.9 Å². The van der Waals surface area contributed by atoms with Crippen molar-refractivity contribution in [1.82, 2.24) is 5.32 Å². The highest BCUT2D eigenvalue weighted by atomic mass is 35.5. The van der Waals surface area contributed by atoms with Crippen molar-refractivity contribution in [3.63, 3.8) is 0 Å². The summed E-state index contributed by atoms with van der Waals surface area (Å²) < 4.78 is 38.6. The maximum absolute atomic E-state index is 13.5. The maximum Gasteiger partial charge on any atom is 0.232 e. The fraction of sp³-hybridized carbons (Fsp3) is 0.235. The van der Waals surface area contributed by atoms with E-state index in [1.165, 1.54) is 16.4 Å². The summed E-state index contributed by atoms with van der Waals surface area (Å²) in [5.41, 5.74) is 0.743. The number of amides is 1. The highest BCUT2D eigenvalue weighted by molar-refractivity contribution is 7.92. The first kappa shape index (κ1) is 19.2. The van der Waals surface area contributed by atoms with Gasteiger partial charge in [-0.1, -0.05) is 29.8 Å². The van der Waals surface area contributed by atoms with E-state index >= 15 is 0 Å².